The van der Waals surface area contributed by atoms with E-state index in [4.69, 9.17) is 0 Å². The number of likely N-dealkylation sites (N-methyl/N-ethyl adjacent to an activating group) is 2. The third-order valence-corrected chi connectivity index (χ3v) is 10.2. The van der Waals surface area contributed by atoms with Crippen molar-refractivity contribution >= 4 is 79.2 Å². The second kappa shape index (κ2) is 18.2. The fraction of sp³-hybridized carbons (Fsp3) is 0.349. The molecule has 0 unspecified atom stereocenters. The van der Waals surface area contributed by atoms with Crippen molar-refractivity contribution in [2.24, 2.45) is 0 Å². The molecule has 2 aromatic heterocycles. The Balaban J connectivity index is 1.10. The Bertz CT molecular complexity index is 2270. The highest BCUT2D eigenvalue weighted by Crippen LogP contribution is 2.32. The average molecular weight is 760 g/mol. The van der Waals surface area contributed by atoms with E-state index in [-0.39, 0.29) is 10.9 Å². The molecule has 13 heteroatoms. The number of nitrogens with zero attached hydrogens (tertiary/aromatic N) is 5. The molecule has 0 bridgehead atoms. The van der Waals surface area contributed by atoms with Crippen molar-refractivity contribution < 1.29 is 9.59 Å². The number of H-pyrrole nitrogens is 2. The molecule has 6 rings (SSSR count). The largest absolute Gasteiger partial charge is 0.384 e. The maximum absolute atomic E-state index is 13.9. The molecule has 0 aliphatic heterocycles. The third kappa shape index (κ3) is 8.86. The molecule has 2 amide bonds. The highest BCUT2D eigenvalue weighted by atomic mass is 16.1. The lowest BCUT2D eigenvalue weighted by Crippen LogP contribution is -2.31. The number of para-hydroxylation sites is 2. The van der Waals surface area contributed by atoms with E-state index in [0.717, 1.165) is 61.2 Å². The lowest BCUT2D eigenvalue weighted by molar-refractivity contribution is -0.108. The molecule has 4 aromatic carbocycles. The lowest BCUT2D eigenvalue weighted by atomic mass is 10.1. The molecular weight excluding hydrogens is 707 g/mol. The van der Waals surface area contributed by atoms with Crippen LogP contribution in [0, 0.1) is 0 Å². The van der Waals surface area contributed by atoms with E-state index < -0.39 is 0 Å². The molecule has 0 spiro atoms. The van der Waals surface area contributed by atoms with Gasteiger partial charge in [-0.2, -0.15) is 0 Å². The molecule has 6 aromatic rings. The van der Waals surface area contributed by atoms with E-state index in [1.165, 1.54) is 0 Å². The zero-order chi connectivity index (χ0) is 39.8. The minimum absolute atomic E-state index is 0.0789. The summed E-state index contributed by atoms with van der Waals surface area (Å²) in [5.41, 5.74) is 5.37. The number of anilines is 4. The normalized spacial score (nSPS) is 11.7. The van der Waals surface area contributed by atoms with Crippen molar-refractivity contribution in [2.75, 3.05) is 108 Å². The van der Waals surface area contributed by atoms with E-state index in [2.05, 4.69) is 32.5 Å². The summed E-state index contributed by atoms with van der Waals surface area (Å²) in [6, 6.07) is 22.5. The van der Waals surface area contributed by atoms with Crippen molar-refractivity contribution in [3.05, 3.63) is 93.2 Å². The van der Waals surface area contributed by atoms with Crippen molar-refractivity contribution in [3.8, 4) is 0 Å². The van der Waals surface area contributed by atoms with Gasteiger partial charge in [-0.25, -0.2) is 0 Å². The van der Waals surface area contributed by atoms with E-state index in [1.807, 2.05) is 111 Å². The summed E-state index contributed by atoms with van der Waals surface area (Å²) >= 11 is 0. The van der Waals surface area contributed by atoms with Gasteiger partial charge in [-0.15, -0.1) is 0 Å². The first-order valence-electron chi connectivity index (χ1n) is 19.2. The molecular formula is C43H53N9O4. The molecule has 56 heavy (non-hydrogen) atoms. The lowest BCUT2D eigenvalue weighted by Gasteiger charge is -2.23. The Morgan fingerprint density at radius 2 is 0.946 bits per heavy atom. The van der Waals surface area contributed by atoms with Crippen molar-refractivity contribution in [1.29, 1.82) is 0 Å². The zero-order valence-corrected chi connectivity index (χ0v) is 33.0. The Hall–Kier alpha value is -5.76. The number of rotatable bonds is 20. The highest BCUT2D eigenvalue weighted by Gasteiger charge is 2.19. The van der Waals surface area contributed by atoms with Gasteiger partial charge >= 0.3 is 0 Å². The van der Waals surface area contributed by atoms with Crippen LogP contribution in [0.25, 0.3) is 43.6 Å². The molecule has 0 aliphatic carbocycles. The number of hydrogen-bond acceptors (Lipinski definition) is 9. The molecule has 294 valence electrons. The van der Waals surface area contributed by atoms with Gasteiger partial charge in [-0.3, -0.25) is 19.2 Å². The van der Waals surface area contributed by atoms with Gasteiger partial charge in [0, 0.05) is 72.4 Å². The van der Waals surface area contributed by atoms with Crippen molar-refractivity contribution in [3.63, 3.8) is 0 Å². The van der Waals surface area contributed by atoms with Crippen LogP contribution in [0.15, 0.2) is 82.4 Å². The van der Waals surface area contributed by atoms with Crippen molar-refractivity contribution in [2.45, 2.75) is 12.8 Å². The molecule has 4 N–H and O–H groups in total. The number of amides is 2. The number of benzene rings is 4. The van der Waals surface area contributed by atoms with Gasteiger partial charge < -0.3 is 45.1 Å². The van der Waals surface area contributed by atoms with E-state index in [0.29, 0.717) is 83.2 Å². The number of carbonyl (C=O) groups is 2. The highest BCUT2D eigenvalue weighted by molar-refractivity contribution is 6.08. The van der Waals surface area contributed by atoms with E-state index in [9.17, 15) is 19.2 Å². The standard InChI is InChI=1S/C43H53N9O4/c1-48(2)24-26-51(28-53)36-18-16-34(38-40(36)46-32-14-8-6-12-30(32)42(38)55)44-20-10-22-50(5)23-11-21-45-35-17-19-37(52(29-54)27-25-49(3)4)41-39(35)43(56)31-13-7-9-15-33(31)47-41/h6-9,12-19,28-29,44-45H,10-11,20-27H2,1-5H3,(H,46,55)(H,47,56). The topological polar surface area (TPSA) is 140 Å². The Labute approximate surface area is 326 Å². The fourth-order valence-electron chi connectivity index (χ4n) is 7.13. The summed E-state index contributed by atoms with van der Waals surface area (Å²) in [5, 5.41) is 9.29. The average Bonchev–Trinajstić information content (AvgIpc) is 3.19. The first kappa shape index (κ1) is 39.9. The number of aromatic nitrogens is 2. The number of pyridine rings is 2. The first-order valence-corrected chi connectivity index (χ1v) is 19.2. The van der Waals surface area contributed by atoms with Crippen LogP contribution in [0.4, 0.5) is 22.7 Å². The van der Waals surface area contributed by atoms with Crippen LogP contribution < -0.4 is 31.3 Å². The molecule has 0 atom stereocenters. The number of hydrogen-bond donors (Lipinski definition) is 4. The summed E-state index contributed by atoms with van der Waals surface area (Å²) < 4.78 is 0. The van der Waals surface area contributed by atoms with Gasteiger partial charge in [0.05, 0.1) is 33.2 Å². The van der Waals surface area contributed by atoms with Gasteiger partial charge in [0.25, 0.3) is 0 Å². The Kier molecular flexibility index (Phi) is 13.0. The molecule has 0 aliphatic rings. The second-order valence-electron chi connectivity index (χ2n) is 14.8. The van der Waals surface area contributed by atoms with Crippen molar-refractivity contribution in [1.82, 2.24) is 24.7 Å². The third-order valence-electron chi connectivity index (χ3n) is 10.2. The van der Waals surface area contributed by atoms with Gasteiger partial charge in [0.15, 0.2) is 10.9 Å². The number of carbonyl (C=O) groups excluding carboxylic acids is 2. The molecule has 2 heterocycles. The quantitative estimate of drug-likeness (QED) is 0.0483. The summed E-state index contributed by atoms with van der Waals surface area (Å²) in [5.74, 6) is 0. The number of fused-ring (bicyclic) bond motifs is 4. The van der Waals surface area contributed by atoms with Gasteiger partial charge in [0.1, 0.15) is 0 Å². The van der Waals surface area contributed by atoms with Crippen LogP contribution in [0.3, 0.4) is 0 Å². The van der Waals surface area contributed by atoms with Crippen LogP contribution in [0.1, 0.15) is 12.8 Å². The summed E-state index contributed by atoms with van der Waals surface area (Å²) in [6.07, 6.45) is 3.33. The minimum atomic E-state index is -0.0789. The van der Waals surface area contributed by atoms with Crippen LogP contribution in [-0.2, 0) is 9.59 Å². The molecule has 0 saturated carbocycles. The van der Waals surface area contributed by atoms with Gasteiger partial charge in [-0.1, -0.05) is 24.3 Å². The van der Waals surface area contributed by atoms with E-state index in [1.54, 1.807) is 9.80 Å². The van der Waals surface area contributed by atoms with Gasteiger partial charge in [-0.05, 0) is 110 Å². The monoisotopic (exact) mass is 759 g/mol. The molecule has 0 saturated heterocycles. The summed E-state index contributed by atoms with van der Waals surface area (Å²) in [6.45, 7) is 5.33. The predicted molar refractivity (Wildman–Crippen MR) is 232 cm³/mol. The smallest absolute Gasteiger partial charge is 0.214 e. The number of nitrogens with one attached hydrogen (secondary N) is 4. The first-order chi connectivity index (χ1) is 27.1. The van der Waals surface area contributed by atoms with Crippen LogP contribution in [0.2, 0.25) is 0 Å². The molecule has 13 nitrogen and oxygen atoms in total. The predicted octanol–water partition coefficient (Wildman–Crippen LogP) is 4.96. The zero-order valence-electron chi connectivity index (χ0n) is 33.0. The minimum Gasteiger partial charge on any atom is -0.384 e. The maximum Gasteiger partial charge on any atom is 0.214 e. The summed E-state index contributed by atoms with van der Waals surface area (Å²) in [4.78, 5) is 68.6. The van der Waals surface area contributed by atoms with Crippen LogP contribution in [-0.4, -0.2) is 125 Å². The Morgan fingerprint density at radius 3 is 1.34 bits per heavy atom. The van der Waals surface area contributed by atoms with Crippen LogP contribution in [0.5, 0.6) is 0 Å². The fourth-order valence-corrected chi connectivity index (χ4v) is 7.13. The second-order valence-corrected chi connectivity index (χ2v) is 14.8. The molecule has 0 radical (unpaired) electrons. The Morgan fingerprint density at radius 1 is 0.536 bits per heavy atom. The summed E-state index contributed by atoms with van der Waals surface area (Å²) in [7, 11) is 9.93. The van der Waals surface area contributed by atoms with E-state index >= 15 is 0 Å². The SMILES string of the molecule is CN(C)CCN(C=O)c1ccc(NCCCN(C)CCCNc2ccc(N(C=O)CCN(C)C)c3[nH]c4ccccc4c(=O)c23)c2c(=O)c3ccccc3[nH]c12. The number of aromatic amines is 2. The van der Waals surface area contributed by atoms with Gasteiger partial charge in [0.2, 0.25) is 12.8 Å². The maximum atomic E-state index is 13.9. The molecule has 0 fully saturated rings. The van der Waals surface area contributed by atoms with Crippen LogP contribution >= 0.6 is 0 Å².